The molecule has 0 spiro atoms. The van der Waals surface area contributed by atoms with Crippen LogP contribution in [-0.4, -0.2) is 28.3 Å². The third kappa shape index (κ3) is 4.30. The first-order valence-electron chi connectivity index (χ1n) is 7.64. The Morgan fingerprint density at radius 1 is 1.33 bits per heavy atom. The number of aromatic nitrogens is 2. The van der Waals surface area contributed by atoms with Gasteiger partial charge in [-0.25, -0.2) is 0 Å². The molecule has 0 N–H and O–H groups in total. The molecular weight excluding hydrogens is 288 g/mol. The molecule has 0 saturated carbocycles. The van der Waals surface area contributed by atoms with Crippen LogP contribution in [0.3, 0.4) is 0 Å². The van der Waals surface area contributed by atoms with Crippen molar-refractivity contribution in [1.29, 1.82) is 0 Å². The normalized spacial score (nSPS) is 13.5. The number of hydrogen-bond acceptors (Lipinski definition) is 3. The summed E-state index contributed by atoms with van der Waals surface area (Å²) in [7, 11) is 0. The van der Waals surface area contributed by atoms with Crippen LogP contribution in [-0.2, 0) is 28.9 Å². The van der Waals surface area contributed by atoms with Crippen molar-refractivity contribution in [3.05, 3.63) is 16.4 Å². The maximum atomic E-state index is 12.6. The Kier molecular flexibility index (Phi) is 6.41. The monoisotopic (exact) mass is 314 g/mol. The Balaban J connectivity index is 3.04. The molecule has 4 nitrogen and oxygen atoms in total. The van der Waals surface area contributed by atoms with Gasteiger partial charge in [-0.2, -0.15) is 5.10 Å². The first-order valence-corrected chi connectivity index (χ1v) is 8.02. The molecule has 0 amide bonds. The third-order valence-corrected chi connectivity index (χ3v) is 3.88. The molecular formula is C16H27ClN2O2. The lowest BCUT2D eigenvalue weighted by Gasteiger charge is -2.29. The standard InChI is InChI=1S/C16H27ClN2O2/c1-7-11-14(17)12(19(8-2)18-11)10-13(20)15(21-9-3)16(4,5)6/h15H,7-10H2,1-6H3. The van der Waals surface area contributed by atoms with Gasteiger partial charge in [-0.05, 0) is 25.7 Å². The fourth-order valence-electron chi connectivity index (χ4n) is 2.44. The SMILES string of the molecule is CCOC(C(=O)Cc1c(Cl)c(CC)nn1CC)C(C)(C)C. The van der Waals surface area contributed by atoms with Crippen LogP contribution in [0.5, 0.6) is 0 Å². The zero-order valence-electron chi connectivity index (χ0n) is 14.0. The molecule has 0 aliphatic rings. The summed E-state index contributed by atoms with van der Waals surface area (Å²) in [5.41, 5.74) is 1.42. The summed E-state index contributed by atoms with van der Waals surface area (Å²) in [6.07, 6.45) is 0.604. The molecule has 0 aliphatic heterocycles. The molecule has 1 unspecified atom stereocenters. The Morgan fingerprint density at radius 2 is 1.95 bits per heavy atom. The van der Waals surface area contributed by atoms with Crippen molar-refractivity contribution in [1.82, 2.24) is 9.78 Å². The molecule has 0 radical (unpaired) electrons. The number of Topliss-reactive ketones (excluding diaryl/α,β-unsaturated/α-hetero) is 1. The summed E-state index contributed by atoms with van der Waals surface area (Å²) in [5.74, 6) is 0.0588. The molecule has 5 heteroatoms. The maximum absolute atomic E-state index is 12.6. The van der Waals surface area contributed by atoms with E-state index < -0.39 is 6.10 Å². The van der Waals surface area contributed by atoms with Crippen molar-refractivity contribution in [3.8, 4) is 0 Å². The summed E-state index contributed by atoms with van der Waals surface area (Å²) in [6.45, 7) is 13.2. The van der Waals surface area contributed by atoms with Crippen LogP contribution in [0.4, 0.5) is 0 Å². The summed E-state index contributed by atoms with van der Waals surface area (Å²) in [4.78, 5) is 12.6. The Morgan fingerprint density at radius 3 is 2.38 bits per heavy atom. The van der Waals surface area contributed by atoms with E-state index in [-0.39, 0.29) is 17.6 Å². The van der Waals surface area contributed by atoms with E-state index in [0.717, 1.165) is 17.8 Å². The molecule has 1 aromatic heterocycles. The Hall–Kier alpha value is -0.870. The lowest BCUT2D eigenvalue weighted by Crippen LogP contribution is -2.38. The van der Waals surface area contributed by atoms with E-state index in [4.69, 9.17) is 16.3 Å². The van der Waals surface area contributed by atoms with E-state index in [1.807, 2.05) is 46.2 Å². The predicted octanol–water partition coefficient (Wildman–Crippen LogP) is 3.68. The third-order valence-electron chi connectivity index (χ3n) is 3.45. The highest BCUT2D eigenvalue weighted by Gasteiger charge is 2.33. The first-order chi connectivity index (χ1) is 9.76. The Bertz CT molecular complexity index is 489. The van der Waals surface area contributed by atoms with Gasteiger partial charge < -0.3 is 4.74 Å². The fourth-order valence-corrected chi connectivity index (χ4v) is 2.77. The van der Waals surface area contributed by atoms with Gasteiger partial charge in [0.15, 0.2) is 5.78 Å². The number of halogens is 1. The minimum Gasteiger partial charge on any atom is -0.370 e. The summed E-state index contributed by atoms with van der Waals surface area (Å²) in [5, 5.41) is 5.08. The number of nitrogens with zero attached hydrogens (tertiary/aromatic N) is 2. The highest BCUT2D eigenvalue weighted by molar-refractivity contribution is 6.32. The van der Waals surface area contributed by atoms with E-state index >= 15 is 0 Å². The molecule has 0 fully saturated rings. The summed E-state index contributed by atoms with van der Waals surface area (Å²) >= 11 is 6.37. The number of rotatable bonds is 7. The van der Waals surface area contributed by atoms with Crippen LogP contribution in [0, 0.1) is 5.41 Å². The van der Waals surface area contributed by atoms with Gasteiger partial charge in [0.05, 0.1) is 22.8 Å². The van der Waals surface area contributed by atoms with Crippen LogP contribution in [0.15, 0.2) is 0 Å². The predicted molar refractivity (Wildman–Crippen MR) is 85.9 cm³/mol. The summed E-state index contributed by atoms with van der Waals surface area (Å²) < 4.78 is 7.49. The van der Waals surface area contributed by atoms with Crippen molar-refractivity contribution in [2.75, 3.05) is 6.61 Å². The first kappa shape index (κ1) is 18.2. The van der Waals surface area contributed by atoms with Gasteiger partial charge in [0.1, 0.15) is 6.10 Å². The van der Waals surface area contributed by atoms with E-state index in [1.165, 1.54) is 0 Å². The number of aryl methyl sites for hydroxylation is 2. The molecule has 0 bridgehead atoms. The highest BCUT2D eigenvalue weighted by Crippen LogP contribution is 2.27. The minimum absolute atomic E-state index is 0.0588. The molecule has 0 aromatic carbocycles. The molecule has 120 valence electrons. The fraction of sp³-hybridized carbons (Fsp3) is 0.750. The topological polar surface area (TPSA) is 44.1 Å². The molecule has 1 aromatic rings. The van der Waals surface area contributed by atoms with Gasteiger partial charge in [0.25, 0.3) is 0 Å². The Labute approximate surface area is 132 Å². The number of hydrogen-bond donors (Lipinski definition) is 0. The molecule has 1 heterocycles. The van der Waals surface area contributed by atoms with Crippen LogP contribution < -0.4 is 0 Å². The van der Waals surface area contributed by atoms with Crippen LogP contribution in [0.2, 0.25) is 5.02 Å². The number of carbonyl (C=O) groups is 1. The van der Waals surface area contributed by atoms with Crippen LogP contribution >= 0.6 is 11.6 Å². The van der Waals surface area contributed by atoms with Crippen molar-refractivity contribution < 1.29 is 9.53 Å². The maximum Gasteiger partial charge on any atom is 0.168 e. The zero-order chi connectivity index (χ0) is 16.2. The van der Waals surface area contributed by atoms with Crippen molar-refractivity contribution >= 4 is 17.4 Å². The van der Waals surface area contributed by atoms with Crippen molar-refractivity contribution in [2.45, 2.75) is 67.0 Å². The van der Waals surface area contributed by atoms with Gasteiger partial charge in [0.2, 0.25) is 0 Å². The average Bonchev–Trinajstić information content (AvgIpc) is 2.71. The van der Waals surface area contributed by atoms with Gasteiger partial charge >= 0.3 is 0 Å². The molecule has 0 aliphatic carbocycles. The second-order valence-corrected chi connectivity index (χ2v) is 6.60. The number of ketones is 1. The lowest BCUT2D eigenvalue weighted by molar-refractivity contribution is -0.136. The van der Waals surface area contributed by atoms with Crippen LogP contribution in [0.25, 0.3) is 0 Å². The van der Waals surface area contributed by atoms with Gasteiger partial charge in [-0.1, -0.05) is 39.3 Å². The van der Waals surface area contributed by atoms with E-state index in [1.54, 1.807) is 0 Å². The molecule has 0 saturated heterocycles. The van der Waals surface area contributed by atoms with Gasteiger partial charge in [-0.3, -0.25) is 9.48 Å². The highest BCUT2D eigenvalue weighted by atomic mass is 35.5. The second-order valence-electron chi connectivity index (χ2n) is 6.22. The van der Waals surface area contributed by atoms with Crippen molar-refractivity contribution in [2.24, 2.45) is 5.41 Å². The molecule has 1 rings (SSSR count). The second kappa shape index (κ2) is 7.41. The molecule has 21 heavy (non-hydrogen) atoms. The average molecular weight is 315 g/mol. The lowest BCUT2D eigenvalue weighted by atomic mass is 9.85. The number of ether oxygens (including phenoxy) is 1. The van der Waals surface area contributed by atoms with E-state index in [0.29, 0.717) is 18.2 Å². The molecule has 1 atom stereocenters. The van der Waals surface area contributed by atoms with Gasteiger partial charge in [0, 0.05) is 13.2 Å². The largest absolute Gasteiger partial charge is 0.370 e. The van der Waals surface area contributed by atoms with E-state index in [2.05, 4.69) is 5.10 Å². The van der Waals surface area contributed by atoms with Crippen LogP contribution in [0.1, 0.15) is 52.9 Å². The summed E-state index contributed by atoms with van der Waals surface area (Å²) in [6, 6.07) is 0. The number of carbonyl (C=O) groups excluding carboxylic acids is 1. The quantitative estimate of drug-likeness (QED) is 0.771. The zero-order valence-corrected chi connectivity index (χ0v) is 14.8. The van der Waals surface area contributed by atoms with E-state index in [9.17, 15) is 4.79 Å². The minimum atomic E-state index is -0.427. The van der Waals surface area contributed by atoms with Crippen molar-refractivity contribution in [3.63, 3.8) is 0 Å². The van der Waals surface area contributed by atoms with Gasteiger partial charge in [-0.15, -0.1) is 0 Å². The smallest absolute Gasteiger partial charge is 0.168 e.